The third kappa shape index (κ3) is 5.27. The first-order valence-corrected chi connectivity index (χ1v) is 9.43. The van der Waals surface area contributed by atoms with E-state index < -0.39 is 0 Å². The molecule has 1 aromatic carbocycles. The lowest BCUT2D eigenvalue weighted by atomic mass is 9.93. The molecule has 6 heteroatoms. The van der Waals surface area contributed by atoms with Gasteiger partial charge in [-0.15, -0.1) is 11.3 Å². The minimum absolute atomic E-state index is 0.00582. The van der Waals surface area contributed by atoms with Gasteiger partial charge in [-0.05, 0) is 46.9 Å². The number of carbonyl (C=O) groups is 1. The van der Waals surface area contributed by atoms with Crippen LogP contribution in [0.2, 0.25) is 0 Å². The Balaban J connectivity index is 1.86. The molecule has 1 amide bonds. The minimum atomic E-state index is -0.00582. The molecule has 0 aliphatic rings. The van der Waals surface area contributed by atoms with Gasteiger partial charge in [-0.1, -0.05) is 32.5 Å². The third-order valence-electron chi connectivity index (χ3n) is 2.71. The van der Waals surface area contributed by atoms with Gasteiger partial charge in [0.25, 0.3) is 0 Å². The Bertz CT molecular complexity index is 617. The molecule has 0 fully saturated rings. The molecule has 0 saturated carbocycles. The highest BCUT2D eigenvalue weighted by Crippen LogP contribution is 2.29. The van der Waals surface area contributed by atoms with Crippen molar-refractivity contribution in [2.45, 2.75) is 30.5 Å². The zero-order valence-corrected chi connectivity index (χ0v) is 15.9. The van der Waals surface area contributed by atoms with Crippen LogP contribution >= 0.6 is 45.7 Å². The van der Waals surface area contributed by atoms with Crippen LogP contribution in [-0.4, -0.2) is 16.6 Å². The van der Waals surface area contributed by atoms with E-state index in [-0.39, 0.29) is 11.3 Å². The normalized spacial score (nSPS) is 11.4. The second-order valence-corrected chi connectivity index (χ2v) is 8.92. The first-order valence-electron chi connectivity index (χ1n) is 6.49. The van der Waals surface area contributed by atoms with Crippen molar-refractivity contribution in [2.24, 2.45) is 0 Å². The van der Waals surface area contributed by atoms with Crippen molar-refractivity contribution in [3.63, 3.8) is 0 Å². The summed E-state index contributed by atoms with van der Waals surface area (Å²) in [6.07, 6.45) is 0. The number of rotatable bonds is 4. The maximum atomic E-state index is 11.9. The second-order valence-electron chi connectivity index (χ2n) is 5.59. The van der Waals surface area contributed by atoms with Gasteiger partial charge in [0.2, 0.25) is 5.91 Å². The first-order chi connectivity index (χ1) is 9.84. The van der Waals surface area contributed by atoms with Gasteiger partial charge in [-0.25, -0.2) is 4.98 Å². The van der Waals surface area contributed by atoms with Crippen LogP contribution in [0.4, 0.5) is 5.69 Å². The average molecular weight is 432 g/mol. The van der Waals surface area contributed by atoms with Gasteiger partial charge < -0.3 is 5.32 Å². The van der Waals surface area contributed by atoms with Crippen LogP contribution in [0.1, 0.15) is 26.5 Å². The van der Waals surface area contributed by atoms with E-state index in [0.29, 0.717) is 5.75 Å². The summed E-state index contributed by atoms with van der Waals surface area (Å²) < 4.78 is 2.09. The van der Waals surface area contributed by atoms with Crippen molar-refractivity contribution in [3.8, 4) is 0 Å². The lowest BCUT2D eigenvalue weighted by Gasteiger charge is -2.14. The molecule has 3 nitrogen and oxygen atoms in total. The summed E-state index contributed by atoms with van der Waals surface area (Å²) in [6, 6.07) is 7.76. The van der Waals surface area contributed by atoms with E-state index in [4.69, 9.17) is 0 Å². The number of hydrogen-bond acceptors (Lipinski definition) is 4. The van der Waals surface area contributed by atoms with Gasteiger partial charge in [0, 0.05) is 20.1 Å². The predicted molar refractivity (Wildman–Crippen MR) is 99.3 cm³/mol. The van der Waals surface area contributed by atoms with Gasteiger partial charge in [0.1, 0.15) is 0 Å². The number of nitrogens with one attached hydrogen (secondary N) is 1. The van der Waals surface area contributed by atoms with E-state index in [1.807, 2.05) is 24.3 Å². The van der Waals surface area contributed by atoms with E-state index in [1.165, 1.54) is 11.8 Å². The molecule has 112 valence electrons. The van der Waals surface area contributed by atoms with Crippen LogP contribution < -0.4 is 5.32 Å². The average Bonchev–Trinajstić information content (AvgIpc) is 2.88. The number of anilines is 1. The van der Waals surface area contributed by atoms with E-state index >= 15 is 0 Å². The van der Waals surface area contributed by atoms with Gasteiger partial charge in [-0.2, -0.15) is 0 Å². The van der Waals surface area contributed by atoms with E-state index in [2.05, 4.69) is 59.0 Å². The van der Waals surface area contributed by atoms with E-state index in [9.17, 15) is 4.79 Å². The third-order valence-corrected chi connectivity index (χ3v) is 5.45. The predicted octanol–water partition coefficient (Wildman–Crippen LogP) is 4.78. The molecule has 0 bridgehead atoms. The number of aromatic nitrogens is 1. The molecule has 0 saturated heterocycles. The van der Waals surface area contributed by atoms with Crippen molar-refractivity contribution >= 4 is 57.3 Å². The zero-order chi connectivity index (χ0) is 15.5. The molecule has 1 aromatic heterocycles. The van der Waals surface area contributed by atoms with Crippen LogP contribution in [0.25, 0.3) is 0 Å². The summed E-state index contributed by atoms with van der Waals surface area (Å²) in [6.45, 7) is 6.42. The Labute approximate surface area is 147 Å². The van der Waals surface area contributed by atoms with Crippen LogP contribution in [0.5, 0.6) is 0 Å². The summed E-state index contributed by atoms with van der Waals surface area (Å²) in [7, 11) is 0. The minimum Gasteiger partial charge on any atom is -0.325 e. The molecule has 0 atom stereocenters. The van der Waals surface area contributed by atoms with Crippen molar-refractivity contribution in [2.75, 3.05) is 11.1 Å². The molecule has 0 spiro atoms. The molecule has 1 N–H and O–H groups in total. The maximum absolute atomic E-state index is 11.9. The smallest absolute Gasteiger partial charge is 0.234 e. The SMILES string of the molecule is CC(C)(C)c1csc(SCC(=O)Nc2ccc(I)cc2)n1. The highest BCUT2D eigenvalue weighted by molar-refractivity contribution is 14.1. The highest BCUT2D eigenvalue weighted by Gasteiger charge is 2.17. The van der Waals surface area contributed by atoms with Gasteiger partial charge in [-0.3, -0.25) is 4.79 Å². The molecule has 21 heavy (non-hydrogen) atoms. The van der Waals surface area contributed by atoms with Crippen LogP contribution in [-0.2, 0) is 10.2 Å². The number of hydrogen-bond donors (Lipinski definition) is 1. The van der Waals surface area contributed by atoms with Crippen LogP contribution in [0, 0.1) is 3.57 Å². The lowest BCUT2D eigenvalue weighted by molar-refractivity contribution is -0.113. The summed E-state index contributed by atoms with van der Waals surface area (Å²) in [4.78, 5) is 16.5. The molecule has 1 heterocycles. The number of nitrogens with zero attached hydrogens (tertiary/aromatic N) is 1. The van der Waals surface area contributed by atoms with Crippen molar-refractivity contribution in [1.82, 2.24) is 4.98 Å². The number of thiazole rings is 1. The number of amides is 1. The Morgan fingerprint density at radius 3 is 2.57 bits per heavy atom. The molecule has 0 unspecified atom stereocenters. The fraction of sp³-hybridized carbons (Fsp3) is 0.333. The lowest BCUT2D eigenvalue weighted by Crippen LogP contribution is -2.14. The largest absolute Gasteiger partial charge is 0.325 e. The van der Waals surface area contributed by atoms with E-state index in [0.717, 1.165) is 19.3 Å². The fourth-order valence-corrected chi connectivity index (χ4v) is 3.74. The first kappa shape index (κ1) is 16.8. The zero-order valence-electron chi connectivity index (χ0n) is 12.1. The molecule has 0 aliphatic heterocycles. The number of carbonyl (C=O) groups excluding carboxylic acids is 1. The second kappa shape index (κ2) is 7.11. The Hall–Kier alpha value is -0.600. The Kier molecular flexibility index (Phi) is 5.67. The number of halogens is 1. The quantitative estimate of drug-likeness (QED) is 0.559. The molecule has 0 aliphatic carbocycles. The standard InChI is InChI=1S/C15H17IN2OS2/c1-15(2,3)12-8-20-14(18-12)21-9-13(19)17-11-6-4-10(16)5-7-11/h4-8H,9H2,1-3H3,(H,17,19). The highest BCUT2D eigenvalue weighted by atomic mass is 127. The number of thioether (sulfide) groups is 1. The summed E-state index contributed by atoms with van der Waals surface area (Å²) in [5.41, 5.74) is 1.96. The summed E-state index contributed by atoms with van der Waals surface area (Å²) in [5, 5.41) is 4.96. The van der Waals surface area contributed by atoms with E-state index in [1.54, 1.807) is 11.3 Å². The van der Waals surface area contributed by atoms with Crippen LogP contribution in [0.3, 0.4) is 0 Å². The summed E-state index contributed by atoms with van der Waals surface area (Å²) in [5.74, 6) is 0.372. The van der Waals surface area contributed by atoms with Crippen molar-refractivity contribution in [1.29, 1.82) is 0 Å². The van der Waals surface area contributed by atoms with Gasteiger partial charge >= 0.3 is 0 Å². The van der Waals surface area contributed by atoms with Gasteiger partial charge in [0.15, 0.2) is 4.34 Å². The fourth-order valence-electron chi connectivity index (χ4n) is 1.53. The number of benzene rings is 1. The molecule has 2 rings (SSSR count). The van der Waals surface area contributed by atoms with Crippen molar-refractivity contribution < 1.29 is 4.79 Å². The molecule has 0 radical (unpaired) electrons. The van der Waals surface area contributed by atoms with Gasteiger partial charge in [0.05, 0.1) is 11.4 Å². The Morgan fingerprint density at radius 1 is 1.33 bits per heavy atom. The van der Waals surface area contributed by atoms with Crippen LogP contribution in [0.15, 0.2) is 34.0 Å². The molecular formula is C15H17IN2OS2. The molecule has 2 aromatic rings. The van der Waals surface area contributed by atoms with Crippen molar-refractivity contribution in [3.05, 3.63) is 38.9 Å². The topological polar surface area (TPSA) is 42.0 Å². The summed E-state index contributed by atoms with van der Waals surface area (Å²) >= 11 is 5.32. The maximum Gasteiger partial charge on any atom is 0.234 e. The Morgan fingerprint density at radius 2 is 2.00 bits per heavy atom. The molecular weight excluding hydrogens is 415 g/mol. The monoisotopic (exact) mass is 432 g/mol.